The smallest absolute Gasteiger partial charge is 0.165 e. The fourth-order valence-electron chi connectivity index (χ4n) is 3.16. The summed E-state index contributed by atoms with van der Waals surface area (Å²) < 4.78 is 19.2. The molecule has 0 radical (unpaired) electrons. The van der Waals surface area contributed by atoms with Crippen LogP contribution in [-0.4, -0.2) is 38.2 Å². The van der Waals surface area contributed by atoms with Gasteiger partial charge in [-0.15, -0.1) is 0 Å². The van der Waals surface area contributed by atoms with Gasteiger partial charge in [0.05, 0.1) is 13.2 Å². The molecule has 0 amide bonds. The molecule has 0 aromatic heterocycles. The molecule has 23 heavy (non-hydrogen) atoms. The van der Waals surface area contributed by atoms with Crippen LogP contribution in [0.5, 0.6) is 5.75 Å². The molecular weight excluding hydrogens is 291 g/mol. The van der Waals surface area contributed by atoms with E-state index in [-0.39, 0.29) is 17.6 Å². The zero-order chi connectivity index (χ0) is 16.2. The Morgan fingerprint density at radius 1 is 1.04 bits per heavy atom. The fraction of sp³-hybridized carbons (Fsp3) is 0.368. The minimum atomic E-state index is -0.308. The second-order valence-corrected chi connectivity index (χ2v) is 5.99. The highest BCUT2D eigenvalue weighted by Gasteiger charge is 2.24. The summed E-state index contributed by atoms with van der Waals surface area (Å²) in [6, 6.07) is 13.9. The highest BCUT2D eigenvalue weighted by molar-refractivity contribution is 5.37. The Labute approximate surface area is 137 Å². The second-order valence-electron chi connectivity index (χ2n) is 5.99. The summed E-state index contributed by atoms with van der Waals surface area (Å²) >= 11 is 0. The molecular formula is C19H23FN2O. The van der Waals surface area contributed by atoms with Crippen molar-refractivity contribution in [1.82, 2.24) is 10.2 Å². The third kappa shape index (κ3) is 3.54. The first kappa shape index (κ1) is 16.0. The normalized spacial score (nSPS) is 17.0. The summed E-state index contributed by atoms with van der Waals surface area (Å²) in [7, 11) is 1.49. The lowest BCUT2D eigenvalue weighted by Crippen LogP contribution is -2.45. The maximum atomic E-state index is 14.2. The predicted molar refractivity (Wildman–Crippen MR) is 90.4 cm³/mol. The molecule has 1 heterocycles. The molecule has 0 spiro atoms. The van der Waals surface area contributed by atoms with Crippen LogP contribution in [0.1, 0.15) is 22.7 Å². The average molecular weight is 314 g/mol. The quantitative estimate of drug-likeness (QED) is 0.938. The van der Waals surface area contributed by atoms with Gasteiger partial charge in [-0.05, 0) is 30.2 Å². The fourth-order valence-corrected chi connectivity index (χ4v) is 3.16. The van der Waals surface area contributed by atoms with Crippen molar-refractivity contribution < 1.29 is 9.13 Å². The second kappa shape index (κ2) is 7.11. The summed E-state index contributed by atoms with van der Waals surface area (Å²) in [6.07, 6.45) is 0. The Morgan fingerprint density at radius 3 is 2.30 bits per heavy atom. The monoisotopic (exact) mass is 314 g/mol. The molecule has 1 aliphatic heterocycles. The molecule has 1 saturated heterocycles. The molecule has 2 aromatic rings. The summed E-state index contributed by atoms with van der Waals surface area (Å²) in [5.41, 5.74) is 3.39. The topological polar surface area (TPSA) is 24.5 Å². The van der Waals surface area contributed by atoms with Gasteiger partial charge < -0.3 is 10.1 Å². The number of nitrogens with one attached hydrogen (secondary N) is 1. The summed E-state index contributed by atoms with van der Waals surface area (Å²) in [4.78, 5) is 2.41. The summed E-state index contributed by atoms with van der Waals surface area (Å²) in [5.74, 6) is -0.0195. The van der Waals surface area contributed by atoms with Crippen molar-refractivity contribution in [2.24, 2.45) is 0 Å². The van der Waals surface area contributed by atoms with Crippen LogP contribution in [0.15, 0.2) is 42.5 Å². The first-order valence-corrected chi connectivity index (χ1v) is 8.04. The Hall–Kier alpha value is -1.91. The van der Waals surface area contributed by atoms with E-state index >= 15 is 0 Å². The molecule has 2 aromatic carbocycles. The Bertz CT molecular complexity index is 651. The van der Waals surface area contributed by atoms with E-state index in [0.717, 1.165) is 31.7 Å². The third-order valence-electron chi connectivity index (χ3n) is 4.40. The first-order chi connectivity index (χ1) is 11.2. The first-order valence-electron chi connectivity index (χ1n) is 8.04. The van der Waals surface area contributed by atoms with Crippen LogP contribution in [0.3, 0.4) is 0 Å². The molecule has 3 rings (SSSR count). The third-order valence-corrected chi connectivity index (χ3v) is 4.40. The van der Waals surface area contributed by atoms with Gasteiger partial charge in [-0.2, -0.15) is 0 Å². The summed E-state index contributed by atoms with van der Waals surface area (Å²) in [5, 5.41) is 3.38. The lowest BCUT2D eigenvalue weighted by Gasteiger charge is -2.35. The maximum Gasteiger partial charge on any atom is 0.165 e. The van der Waals surface area contributed by atoms with Gasteiger partial charge in [-0.3, -0.25) is 4.90 Å². The predicted octanol–water partition coefficient (Wildman–Crippen LogP) is 3.14. The number of hydrogen-bond donors (Lipinski definition) is 1. The lowest BCUT2D eigenvalue weighted by atomic mass is 9.95. The van der Waals surface area contributed by atoms with Crippen molar-refractivity contribution in [1.29, 1.82) is 0 Å². The molecule has 4 heteroatoms. The standard InChI is InChI=1S/C19H23FN2O/c1-14-3-5-15(6-4-14)19(22-11-9-21-10-12-22)16-7-8-18(23-2)17(20)13-16/h3-8,13,19,21H,9-12H2,1-2H3. The molecule has 1 aliphatic rings. The molecule has 1 fully saturated rings. The lowest BCUT2D eigenvalue weighted by molar-refractivity contribution is 0.198. The van der Waals surface area contributed by atoms with Gasteiger partial charge in [0.15, 0.2) is 11.6 Å². The van der Waals surface area contributed by atoms with Crippen molar-refractivity contribution in [3.05, 3.63) is 65.0 Å². The Kier molecular flexibility index (Phi) is 4.94. The van der Waals surface area contributed by atoms with E-state index in [1.807, 2.05) is 6.07 Å². The van der Waals surface area contributed by atoms with E-state index in [4.69, 9.17) is 4.74 Å². The molecule has 1 atom stereocenters. The van der Waals surface area contributed by atoms with Crippen molar-refractivity contribution in [3.63, 3.8) is 0 Å². The van der Waals surface area contributed by atoms with Crippen LogP contribution in [0.4, 0.5) is 4.39 Å². The van der Waals surface area contributed by atoms with Gasteiger partial charge in [0.2, 0.25) is 0 Å². The van der Waals surface area contributed by atoms with E-state index in [1.54, 1.807) is 12.1 Å². The molecule has 0 bridgehead atoms. The van der Waals surface area contributed by atoms with Gasteiger partial charge in [0.25, 0.3) is 0 Å². The Morgan fingerprint density at radius 2 is 1.70 bits per heavy atom. The molecule has 1 unspecified atom stereocenters. The minimum Gasteiger partial charge on any atom is -0.494 e. The number of rotatable bonds is 4. The van der Waals surface area contributed by atoms with Gasteiger partial charge >= 0.3 is 0 Å². The van der Waals surface area contributed by atoms with Gasteiger partial charge in [-0.1, -0.05) is 35.9 Å². The average Bonchev–Trinajstić information content (AvgIpc) is 2.58. The van der Waals surface area contributed by atoms with Gasteiger partial charge in [0, 0.05) is 26.2 Å². The SMILES string of the molecule is COc1ccc(C(c2ccc(C)cc2)N2CCNCC2)cc1F. The molecule has 1 N–H and O–H groups in total. The molecule has 3 nitrogen and oxygen atoms in total. The Balaban J connectivity index is 2.00. The zero-order valence-electron chi connectivity index (χ0n) is 13.7. The molecule has 122 valence electrons. The van der Waals surface area contributed by atoms with Gasteiger partial charge in [-0.25, -0.2) is 4.39 Å². The number of aryl methyl sites for hydroxylation is 1. The van der Waals surface area contributed by atoms with Crippen LogP contribution < -0.4 is 10.1 Å². The maximum absolute atomic E-state index is 14.2. The van der Waals surface area contributed by atoms with Crippen molar-refractivity contribution in [2.45, 2.75) is 13.0 Å². The van der Waals surface area contributed by atoms with Crippen molar-refractivity contribution in [2.75, 3.05) is 33.3 Å². The number of benzene rings is 2. The minimum absolute atomic E-state index is 0.0677. The van der Waals surface area contributed by atoms with E-state index in [2.05, 4.69) is 41.4 Å². The van der Waals surface area contributed by atoms with E-state index in [1.165, 1.54) is 18.2 Å². The number of hydrogen-bond acceptors (Lipinski definition) is 3. The largest absolute Gasteiger partial charge is 0.494 e. The van der Waals surface area contributed by atoms with Crippen LogP contribution in [0.2, 0.25) is 0 Å². The summed E-state index contributed by atoms with van der Waals surface area (Å²) in [6.45, 7) is 5.90. The van der Waals surface area contributed by atoms with Crippen molar-refractivity contribution in [3.8, 4) is 5.75 Å². The highest BCUT2D eigenvalue weighted by Crippen LogP contribution is 2.31. The van der Waals surface area contributed by atoms with E-state index in [0.29, 0.717) is 0 Å². The van der Waals surface area contributed by atoms with Gasteiger partial charge in [0.1, 0.15) is 0 Å². The highest BCUT2D eigenvalue weighted by atomic mass is 19.1. The van der Waals surface area contributed by atoms with Crippen LogP contribution in [-0.2, 0) is 0 Å². The van der Waals surface area contributed by atoms with E-state index in [9.17, 15) is 4.39 Å². The van der Waals surface area contributed by atoms with Crippen molar-refractivity contribution >= 4 is 0 Å². The zero-order valence-corrected chi connectivity index (χ0v) is 13.7. The number of piperazine rings is 1. The molecule has 0 aliphatic carbocycles. The van der Waals surface area contributed by atoms with Crippen LogP contribution in [0.25, 0.3) is 0 Å². The van der Waals surface area contributed by atoms with Crippen LogP contribution in [0, 0.1) is 12.7 Å². The number of halogens is 1. The van der Waals surface area contributed by atoms with Crippen LogP contribution >= 0.6 is 0 Å². The van der Waals surface area contributed by atoms with E-state index < -0.39 is 0 Å². The number of methoxy groups -OCH3 is 1. The number of nitrogens with zero attached hydrogens (tertiary/aromatic N) is 1. The molecule has 0 saturated carbocycles. The number of ether oxygens (including phenoxy) is 1.